The zero-order valence-electron chi connectivity index (χ0n) is 11.7. The molecule has 1 N–H and O–H groups in total. The first-order chi connectivity index (χ1) is 10.2. The van der Waals surface area contributed by atoms with Crippen molar-refractivity contribution in [1.29, 1.82) is 0 Å². The van der Waals surface area contributed by atoms with Gasteiger partial charge in [0.1, 0.15) is 0 Å². The fourth-order valence-corrected chi connectivity index (χ4v) is 2.26. The zero-order chi connectivity index (χ0) is 15.2. The van der Waals surface area contributed by atoms with E-state index in [1.54, 1.807) is 35.4 Å². The number of aromatic nitrogens is 2. The molecule has 2 aromatic rings. The molecule has 0 saturated carbocycles. The number of hydrogen-bond acceptors (Lipinski definition) is 2. The molecule has 4 nitrogen and oxygen atoms in total. The number of hydrogen-bond donors (Lipinski definition) is 1. The highest BCUT2D eigenvalue weighted by Gasteiger charge is 2.13. The monoisotopic (exact) mass is 299 g/mol. The molecule has 0 atom stereocenters. The molecule has 0 saturated heterocycles. The third-order valence-electron chi connectivity index (χ3n) is 3.03. The molecule has 0 aliphatic rings. The van der Waals surface area contributed by atoms with Crippen LogP contribution < -0.4 is 0 Å². The second-order valence-corrected chi connectivity index (χ2v) is 4.86. The van der Waals surface area contributed by atoms with Crippen LogP contribution in [0.1, 0.15) is 10.4 Å². The summed E-state index contributed by atoms with van der Waals surface area (Å²) in [6, 6.07) is 7.34. The van der Waals surface area contributed by atoms with Crippen LogP contribution in [-0.2, 0) is 0 Å². The predicted molar refractivity (Wildman–Crippen MR) is 87.3 cm³/mol. The molecule has 0 aliphatic heterocycles. The number of H-pyrrole nitrogens is 1. The Morgan fingerprint density at radius 2 is 1.86 bits per heavy atom. The molecule has 1 heterocycles. The van der Waals surface area contributed by atoms with Crippen LogP contribution >= 0.6 is 12.2 Å². The maximum atomic E-state index is 12.4. The molecule has 1 amide bonds. The van der Waals surface area contributed by atoms with Crippen molar-refractivity contribution < 1.29 is 4.79 Å². The van der Waals surface area contributed by atoms with Crippen molar-refractivity contribution in [1.82, 2.24) is 14.5 Å². The molecule has 0 fully saturated rings. The van der Waals surface area contributed by atoms with Crippen LogP contribution in [0.4, 0.5) is 0 Å². The molecule has 0 radical (unpaired) electrons. The standard InChI is InChI=1S/C16H17N3OS/c1-3-10-18(11-4-2)15(20)13-5-7-14(8-6-13)19-12-9-17-16(19)21/h3-9,12H,1-2,10-11H2,(H,17,21). The van der Waals surface area contributed by atoms with Crippen LogP contribution in [0.2, 0.25) is 0 Å². The Bertz CT molecular complexity index is 687. The fraction of sp³-hybridized carbons (Fsp3) is 0.125. The van der Waals surface area contributed by atoms with Gasteiger partial charge < -0.3 is 9.88 Å². The Kier molecular flexibility index (Phi) is 4.90. The summed E-state index contributed by atoms with van der Waals surface area (Å²) in [6.45, 7) is 8.33. The molecule has 0 unspecified atom stereocenters. The largest absolute Gasteiger partial charge is 0.337 e. The van der Waals surface area contributed by atoms with Gasteiger partial charge >= 0.3 is 0 Å². The molecule has 21 heavy (non-hydrogen) atoms. The van der Waals surface area contributed by atoms with Crippen molar-refractivity contribution in [2.75, 3.05) is 13.1 Å². The van der Waals surface area contributed by atoms with Crippen LogP contribution in [0.15, 0.2) is 62.0 Å². The second kappa shape index (κ2) is 6.85. The van der Waals surface area contributed by atoms with E-state index in [4.69, 9.17) is 12.2 Å². The quantitative estimate of drug-likeness (QED) is 0.656. The van der Waals surface area contributed by atoms with Gasteiger partial charge in [-0.1, -0.05) is 12.2 Å². The van der Waals surface area contributed by atoms with E-state index in [0.29, 0.717) is 23.4 Å². The topological polar surface area (TPSA) is 41.0 Å². The van der Waals surface area contributed by atoms with Crippen LogP contribution in [0.5, 0.6) is 0 Å². The smallest absolute Gasteiger partial charge is 0.254 e. The summed E-state index contributed by atoms with van der Waals surface area (Å²) in [7, 11) is 0. The van der Waals surface area contributed by atoms with Crippen LogP contribution in [0.25, 0.3) is 5.69 Å². The Balaban J connectivity index is 2.23. The lowest BCUT2D eigenvalue weighted by Gasteiger charge is -2.19. The lowest BCUT2D eigenvalue weighted by atomic mass is 10.1. The summed E-state index contributed by atoms with van der Waals surface area (Å²) in [6.07, 6.45) is 7.03. The van der Waals surface area contributed by atoms with E-state index in [2.05, 4.69) is 18.1 Å². The first kappa shape index (κ1) is 15.0. The van der Waals surface area contributed by atoms with Gasteiger partial charge in [0, 0.05) is 36.7 Å². The highest BCUT2D eigenvalue weighted by Crippen LogP contribution is 2.12. The SMILES string of the molecule is C=CCN(CC=C)C(=O)c1ccc(-n2cc[nH]c2=S)cc1. The molecular formula is C16H17N3OS. The number of nitrogens with one attached hydrogen (secondary N) is 1. The summed E-state index contributed by atoms with van der Waals surface area (Å²) in [5.41, 5.74) is 1.54. The zero-order valence-corrected chi connectivity index (χ0v) is 12.5. The summed E-state index contributed by atoms with van der Waals surface area (Å²) in [4.78, 5) is 17.0. The van der Waals surface area contributed by atoms with Gasteiger partial charge in [-0.3, -0.25) is 9.36 Å². The predicted octanol–water partition coefficient (Wildman–Crippen LogP) is 3.35. The van der Waals surface area contributed by atoms with E-state index >= 15 is 0 Å². The highest BCUT2D eigenvalue weighted by molar-refractivity contribution is 7.71. The number of carbonyl (C=O) groups excluding carboxylic acids is 1. The van der Waals surface area contributed by atoms with Crippen molar-refractivity contribution in [2.24, 2.45) is 0 Å². The molecule has 1 aromatic carbocycles. The molecule has 0 aliphatic carbocycles. The first-order valence-corrected chi connectivity index (χ1v) is 6.95. The minimum atomic E-state index is -0.0426. The third kappa shape index (κ3) is 3.38. The van der Waals surface area contributed by atoms with Crippen molar-refractivity contribution in [3.8, 4) is 5.69 Å². The van der Waals surface area contributed by atoms with Gasteiger partial charge in [-0.2, -0.15) is 0 Å². The highest BCUT2D eigenvalue weighted by atomic mass is 32.1. The molecule has 0 bridgehead atoms. The van der Waals surface area contributed by atoms with E-state index in [1.165, 1.54) is 0 Å². The van der Waals surface area contributed by atoms with Crippen molar-refractivity contribution in [3.63, 3.8) is 0 Å². The number of benzene rings is 1. The van der Waals surface area contributed by atoms with Gasteiger partial charge in [0.05, 0.1) is 0 Å². The van der Waals surface area contributed by atoms with Crippen LogP contribution in [0, 0.1) is 4.77 Å². The van der Waals surface area contributed by atoms with Crippen molar-refractivity contribution in [3.05, 3.63) is 72.3 Å². The number of amides is 1. The number of carbonyl (C=O) groups is 1. The number of imidazole rings is 1. The average molecular weight is 299 g/mol. The Morgan fingerprint density at radius 3 is 2.33 bits per heavy atom. The van der Waals surface area contributed by atoms with Crippen molar-refractivity contribution >= 4 is 18.1 Å². The third-order valence-corrected chi connectivity index (χ3v) is 3.34. The lowest BCUT2D eigenvalue weighted by molar-refractivity contribution is 0.0791. The molecule has 108 valence electrons. The maximum absolute atomic E-state index is 12.4. The van der Waals surface area contributed by atoms with Gasteiger partial charge in [-0.15, -0.1) is 13.2 Å². The Labute approximate surface area is 129 Å². The summed E-state index contributed by atoms with van der Waals surface area (Å²) >= 11 is 5.17. The van der Waals surface area contributed by atoms with Gasteiger partial charge in [-0.05, 0) is 36.5 Å². The van der Waals surface area contributed by atoms with Crippen LogP contribution in [-0.4, -0.2) is 33.4 Å². The molecule has 0 spiro atoms. The minimum Gasteiger partial charge on any atom is -0.337 e. The van der Waals surface area contributed by atoms with Gasteiger partial charge in [0.15, 0.2) is 4.77 Å². The van der Waals surface area contributed by atoms with Gasteiger partial charge in [0.25, 0.3) is 5.91 Å². The average Bonchev–Trinajstić information content (AvgIpc) is 2.93. The normalized spacial score (nSPS) is 10.1. The molecule has 2 rings (SSSR count). The van der Waals surface area contributed by atoms with E-state index in [0.717, 1.165) is 5.69 Å². The second-order valence-electron chi connectivity index (χ2n) is 4.47. The van der Waals surface area contributed by atoms with E-state index in [9.17, 15) is 4.79 Å². The van der Waals surface area contributed by atoms with E-state index < -0.39 is 0 Å². The first-order valence-electron chi connectivity index (χ1n) is 6.55. The number of rotatable bonds is 6. The molecule has 1 aromatic heterocycles. The van der Waals surface area contributed by atoms with Gasteiger partial charge in [-0.25, -0.2) is 0 Å². The maximum Gasteiger partial charge on any atom is 0.254 e. The molecule has 5 heteroatoms. The van der Waals surface area contributed by atoms with E-state index in [1.807, 2.05) is 22.9 Å². The fourth-order valence-electron chi connectivity index (χ4n) is 2.02. The van der Waals surface area contributed by atoms with Crippen molar-refractivity contribution in [2.45, 2.75) is 0 Å². The molecular weight excluding hydrogens is 282 g/mol. The van der Waals surface area contributed by atoms with E-state index in [-0.39, 0.29) is 5.91 Å². The number of nitrogens with zero attached hydrogens (tertiary/aromatic N) is 2. The minimum absolute atomic E-state index is 0.0426. The Morgan fingerprint density at radius 1 is 1.24 bits per heavy atom. The van der Waals surface area contributed by atoms with Gasteiger partial charge in [0.2, 0.25) is 0 Å². The van der Waals surface area contributed by atoms with Crippen LogP contribution in [0.3, 0.4) is 0 Å². The summed E-state index contributed by atoms with van der Waals surface area (Å²) < 4.78 is 2.46. The lowest BCUT2D eigenvalue weighted by Crippen LogP contribution is -2.31. The summed E-state index contributed by atoms with van der Waals surface area (Å²) in [5, 5.41) is 0. The summed E-state index contributed by atoms with van der Waals surface area (Å²) in [5.74, 6) is -0.0426. The number of aromatic amines is 1. The Hall–Kier alpha value is -2.40.